The number of nitrogens with two attached hydrogens (primary N) is 1. The maximum absolute atomic E-state index is 10.8. The smallest absolute Gasteiger partial charge is 0.358 e. The van der Waals surface area contributed by atoms with Gasteiger partial charge in [0.15, 0.2) is 11.9 Å². The first-order chi connectivity index (χ1) is 8.97. The Morgan fingerprint density at radius 3 is 2.79 bits per heavy atom. The lowest BCUT2D eigenvalue weighted by Crippen LogP contribution is -2.36. The summed E-state index contributed by atoms with van der Waals surface area (Å²) in [6.45, 7) is 0.342. The SMILES string of the molecule is CNC[C@H]1O[C@@H](n2cnc(C(=O)O)c2N)[C@H](O)[C@@H]1O. The maximum atomic E-state index is 10.8. The average Bonchev–Trinajstić information content (AvgIpc) is 2.85. The third kappa shape index (κ3) is 2.28. The number of carboxylic acids is 1. The minimum Gasteiger partial charge on any atom is -0.476 e. The van der Waals surface area contributed by atoms with Crippen molar-refractivity contribution >= 4 is 11.8 Å². The molecule has 9 heteroatoms. The van der Waals surface area contributed by atoms with E-state index in [1.807, 2.05) is 0 Å². The van der Waals surface area contributed by atoms with Gasteiger partial charge in [-0.25, -0.2) is 9.78 Å². The summed E-state index contributed by atoms with van der Waals surface area (Å²) in [6, 6.07) is 0. The van der Waals surface area contributed by atoms with Crippen molar-refractivity contribution in [1.82, 2.24) is 14.9 Å². The molecule has 4 atom stereocenters. The fourth-order valence-corrected chi connectivity index (χ4v) is 2.07. The van der Waals surface area contributed by atoms with Crippen molar-refractivity contribution in [2.75, 3.05) is 19.3 Å². The fraction of sp³-hybridized carbons (Fsp3) is 0.600. The van der Waals surface area contributed by atoms with Crippen molar-refractivity contribution < 1.29 is 24.9 Å². The predicted octanol–water partition coefficient (Wildman–Crippen LogP) is -2.00. The molecule has 19 heavy (non-hydrogen) atoms. The molecule has 1 aliphatic heterocycles. The van der Waals surface area contributed by atoms with Gasteiger partial charge in [-0.3, -0.25) is 4.57 Å². The zero-order valence-electron chi connectivity index (χ0n) is 10.2. The standard InChI is InChI=1S/C10H16N4O5/c1-12-2-4-6(15)7(16)9(19-4)14-3-13-5(8(14)11)10(17)18/h3-4,6-7,9,12,15-16H,2,11H2,1H3,(H,17,18)/t4-,6-,7-,9-/m1/s1. The molecule has 2 heterocycles. The molecule has 0 bridgehead atoms. The summed E-state index contributed by atoms with van der Waals surface area (Å²) in [5, 5.41) is 31.4. The Balaban J connectivity index is 2.25. The van der Waals surface area contributed by atoms with Crippen molar-refractivity contribution in [2.24, 2.45) is 0 Å². The molecular weight excluding hydrogens is 256 g/mol. The number of nitrogen functional groups attached to an aromatic ring is 1. The maximum Gasteiger partial charge on any atom is 0.358 e. The first-order valence-corrected chi connectivity index (χ1v) is 5.69. The Labute approximate surface area is 108 Å². The number of anilines is 1. The van der Waals surface area contributed by atoms with Gasteiger partial charge in [-0.05, 0) is 7.05 Å². The van der Waals surface area contributed by atoms with Crippen LogP contribution < -0.4 is 11.1 Å². The van der Waals surface area contributed by atoms with Gasteiger partial charge in [0, 0.05) is 6.54 Å². The molecule has 0 aliphatic carbocycles. The number of aromatic carboxylic acids is 1. The number of aliphatic hydroxyl groups is 2. The second-order valence-corrected chi connectivity index (χ2v) is 4.29. The van der Waals surface area contributed by atoms with Crippen LogP contribution in [0.5, 0.6) is 0 Å². The number of imidazole rings is 1. The zero-order valence-corrected chi connectivity index (χ0v) is 10.2. The van der Waals surface area contributed by atoms with E-state index in [2.05, 4.69) is 10.3 Å². The number of ether oxygens (including phenoxy) is 1. The van der Waals surface area contributed by atoms with E-state index in [0.29, 0.717) is 6.54 Å². The molecule has 0 aromatic carbocycles. The van der Waals surface area contributed by atoms with Gasteiger partial charge in [-0.1, -0.05) is 0 Å². The number of carboxylic acid groups (broad SMARTS) is 1. The van der Waals surface area contributed by atoms with E-state index in [4.69, 9.17) is 15.6 Å². The minimum absolute atomic E-state index is 0.131. The third-order valence-corrected chi connectivity index (χ3v) is 3.05. The van der Waals surface area contributed by atoms with Crippen LogP contribution in [0.1, 0.15) is 16.7 Å². The molecule has 6 N–H and O–H groups in total. The Morgan fingerprint density at radius 1 is 1.58 bits per heavy atom. The first kappa shape index (κ1) is 13.7. The molecule has 0 radical (unpaired) electrons. The molecular formula is C10H16N4O5. The van der Waals surface area contributed by atoms with E-state index >= 15 is 0 Å². The van der Waals surface area contributed by atoms with E-state index in [1.54, 1.807) is 7.05 Å². The summed E-state index contributed by atoms with van der Waals surface area (Å²) in [5.74, 6) is -1.40. The van der Waals surface area contributed by atoms with Crippen LogP contribution in [-0.4, -0.2) is 62.7 Å². The second kappa shape index (κ2) is 5.13. The molecule has 1 fully saturated rings. The lowest BCUT2D eigenvalue weighted by molar-refractivity contribution is -0.0346. The van der Waals surface area contributed by atoms with Crippen LogP contribution in [0.2, 0.25) is 0 Å². The molecule has 106 valence electrons. The molecule has 0 saturated carbocycles. The van der Waals surface area contributed by atoms with Gasteiger partial charge < -0.3 is 31.1 Å². The molecule has 0 spiro atoms. The van der Waals surface area contributed by atoms with Crippen molar-refractivity contribution in [3.63, 3.8) is 0 Å². The molecule has 1 saturated heterocycles. The fourth-order valence-electron chi connectivity index (χ4n) is 2.07. The molecule has 1 aromatic heterocycles. The van der Waals surface area contributed by atoms with Crippen molar-refractivity contribution in [3.05, 3.63) is 12.0 Å². The largest absolute Gasteiger partial charge is 0.476 e. The van der Waals surface area contributed by atoms with Gasteiger partial charge in [0.05, 0.1) is 6.33 Å². The van der Waals surface area contributed by atoms with Crippen LogP contribution in [0.4, 0.5) is 5.82 Å². The number of nitrogens with zero attached hydrogens (tertiary/aromatic N) is 2. The van der Waals surface area contributed by atoms with Gasteiger partial charge in [0.1, 0.15) is 24.1 Å². The lowest BCUT2D eigenvalue weighted by atomic mass is 10.1. The van der Waals surface area contributed by atoms with Crippen molar-refractivity contribution in [2.45, 2.75) is 24.5 Å². The predicted molar refractivity (Wildman–Crippen MR) is 63.4 cm³/mol. The third-order valence-electron chi connectivity index (χ3n) is 3.05. The van der Waals surface area contributed by atoms with Crippen molar-refractivity contribution in [3.8, 4) is 0 Å². The number of hydrogen-bond donors (Lipinski definition) is 5. The molecule has 0 amide bonds. The number of rotatable bonds is 4. The van der Waals surface area contributed by atoms with Crippen LogP contribution in [0.15, 0.2) is 6.33 Å². The quantitative estimate of drug-likeness (QED) is 0.423. The highest BCUT2D eigenvalue weighted by Gasteiger charge is 2.44. The van der Waals surface area contributed by atoms with Crippen LogP contribution in [-0.2, 0) is 4.74 Å². The van der Waals surface area contributed by atoms with E-state index in [0.717, 1.165) is 0 Å². The van der Waals surface area contributed by atoms with E-state index < -0.39 is 30.5 Å². The summed E-state index contributed by atoms with van der Waals surface area (Å²) >= 11 is 0. The highest BCUT2D eigenvalue weighted by molar-refractivity contribution is 5.90. The highest BCUT2D eigenvalue weighted by atomic mass is 16.6. The Hall–Kier alpha value is -1.68. The van der Waals surface area contributed by atoms with Crippen LogP contribution in [0.3, 0.4) is 0 Å². The summed E-state index contributed by atoms with van der Waals surface area (Å²) in [4.78, 5) is 14.5. The second-order valence-electron chi connectivity index (χ2n) is 4.29. The van der Waals surface area contributed by atoms with E-state index in [9.17, 15) is 15.0 Å². The summed E-state index contributed by atoms with van der Waals surface area (Å²) in [5.41, 5.74) is 5.33. The Bertz CT molecular complexity index is 476. The number of aliphatic hydroxyl groups excluding tert-OH is 2. The van der Waals surface area contributed by atoms with Crippen molar-refractivity contribution in [1.29, 1.82) is 0 Å². The molecule has 9 nitrogen and oxygen atoms in total. The zero-order chi connectivity index (χ0) is 14.2. The van der Waals surface area contributed by atoms with Gasteiger partial charge >= 0.3 is 5.97 Å². The Morgan fingerprint density at radius 2 is 2.26 bits per heavy atom. The number of nitrogens with one attached hydrogen (secondary N) is 1. The molecule has 1 aromatic rings. The van der Waals surface area contributed by atoms with E-state index in [-0.39, 0.29) is 11.5 Å². The number of likely N-dealkylation sites (N-methyl/N-ethyl adjacent to an activating group) is 1. The van der Waals surface area contributed by atoms with Gasteiger partial charge in [0.25, 0.3) is 0 Å². The highest BCUT2D eigenvalue weighted by Crippen LogP contribution is 2.31. The van der Waals surface area contributed by atoms with Gasteiger partial charge in [-0.15, -0.1) is 0 Å². The molecule has 1 aliphatic rings. The molecule has 2 rings (SSSR count). The van der Waals surface area contributed by atoms with Crippen LogP contribution in [0.25, 0.3) is 0 Å². The Kier molecular flexibility index (Phi) is 3.71. The van der Waals surface area contributed by atoms with E-state index in [1.165, 1.54) is 10.9 Å². The van der Waals surface area contributed by atoms with Gasteiger partial charge in [0.2, 0.25) is 0 Å². The normalized spacial score (nSPS) is 30.7. The van der Waals surface area contributed by atoms with Crippen LogP contribution in [0, 0.1) is 0 Å². The lowest BCUT2D eigenvalue weighted by Gasteiger charge is -2.17. The summed E-state index contributed by atoms with van der Waals surface area (Å²) < 4.78 is 6.68. The topological polar surface area (TPSA) is 143 Å². The number of hydrogen-bond acceptors (Lipinski definition) is 7. The average molecular weight is 272 g/mol. The first-order valence-electron chi connectivity index (χ1n) is 5.69. The monoisotopic (exact) mass is 272 g/mol. The van der Waals surface area contributed by atoms with Gasteiger partial charge in [-0.2, -0.15) is 0 Å². The summed E-state index contributed by atoms with van der Waals surface area (Å²) in [7, 11) is 1.68. The number of aromatic nitrogens is 2. The minimum atomic E-state index is -1.27. The molecule has 0 unspecified atom stereocenters. The van der Waals surface area contributed by atoms with Crippen LogP contribution >= 0.6 is 0 Å². The summed E-state index contributed by atoms with van der Waals surface area (Å²) in [6.07, 6.45) is -2.71. The number of carbonyl (C=O) groups is 1.